The Hall–Kier alpha value is -2.63. The molecular weight excluding hydrogens is 295 g/mol. The zero-order valence-corrected chi connectivity index (χ0v) is 12.8. The lowest BCUT2D eigenvalue weighted by Gasteiger charge is -2.36. The maximum absolute atomic E-state index is 13.0. The van der Waals surface area contributed by atoms with Gasteiger partial charge in [0, 0.05) is 38.1 Å². The molecule has 0 bridgehead atoms. The van der Waals surface area contributed by atoms with Gasteiger partial charge >= 0.3 is 6.03 Å². The summed E-state index contributed by atoms with van der Waals surface area (Å²) in [6, 6.07) is 12.0. The molecule has 1 aliphatic rings. The fourth-order valence-corrected chi connectivity index (χ4v) is 2.60. The summed E-state index contributed by atoms with van der Waals surface area (Å²) in [5.74, 6) is -0.235. The highest BCUT2D eigenvalue weighted by Gasteiger charge is 2.21. The zero-order valence-electron chi connectivity index (χ0n) is 12.8. The van der Waals surface area contributed by atoms with Gasteiger partial charge in [-0.2, -0.15) is 0 Å². The fraction of sp³-hybridized carbons (Fsp3) is 0.294. The molecule has 6 heteroatoms. The number of rotatable bonds is 3. The number of carbonyl (C=O) groups is 1. The molecule has 120 valence electrons. The van der Waals surface area contributed by atoms with Gasteiger partial charge in [-0.25, -0.2) is 9.18 Å². The molecule has 1 N–H and O–H groups in total. The van der Waals surface area contributed by atoms with Crippen LogP contribution in [-0.4, -0.2) is 42.1 Å². The first kappa shape index (κ1) is 15.3. The Morgan fingerprint density at radius 1 is 1.09 bits per heavy atom. The van der Waals surface area contributed by atoms with E-state index in [4.69, 9.17) is 0 Å². The number of anilines is 1. The molecule has 1 aliphatic heterocycles. The SMILES string of the molecule is O=C(NCc1ccccn1)N1CCN(c2ccc(F)cc2)CC1. The number of aromatic nitrogens is 1. The van der Waals surface area contributed by atoms with Gasteiger partial charge in [0.25, 0.3) is 0 Å². The van der Waals surface area contributed by atoms with E-state index >= 15 is 0 Å². The number of pyridine rings is 1. The second-order valence-corrected chi connectivity index (χ2v) is 5.43. The first-order valence-corrected chi connectivity index (χ1v) is 7.65. The largest absolute Gasteiger partial charge is 0.368 e. The number of hydrogen-bond donors (Lipinski definition) is 1. The van der Waals surface area contributed by atoms with E-state index in [2.05, 4.69) is 15.2 Å². The summed E-state index contributed by atoms with van der Waals surface area (Å²) >= 11 is 0. The number of carbonyl (C=O) groups excluding carboxylic acids is 1. The first-order valence-electron chi connectivity index (χ1n) is 7.65. The molecule has 1 aromatic heterocycles. The van der Waals surface area contributed by atoms with Crippen LogP contribution in [0, 0.1) is 5.82 Å². The van der Waals surface area contributed by atoms with E-state index in [9.17, 15) is 9.18 Å². The average molecular weight is 314 g/mol. The van der Waals surface area contributed by atoms with Crippen LogP contribution in [0.3, 0.4) is 0 Å². The van der Waals surface area contributed by atoms with Crippen LogP contribution in [0.2, 0.25) is 0 Å². The Labute approximate surface area is 134 Å². The summed E-state index contributed by atoms with van der Waals surface area (Å²) < 4.78 is 13.0. The smallest absolute Gasteiger partial charge is 0.317 e. The molecule has 0 atom stereocenters. The molecular formula is C17H19FN4O. The number of nitrogens with one attached hydrogen (secondary N) is 1. The summed E-state index contributed by atoms with van der Waals surface area (Å²) in [6.45, 7) is 3.19. The van der Waals surface area contributed by atoms with E-state index in [1.165, 1.54) is 12.1 Å². The monoisotopic (exact) mass is 314 g/mol. The lowest BCUT2D eigenvalue weighted by Crippen LogP contribution is -2.51. The topological polar surface area (TPSA) is 48.5 Å². The Morgan fingerprint density at radius 3 is 2.48 bits per heavy atom. The second-order valence-electron chi connectivity index (χ2n) is 5.43. The molecule has 0 saturated carbocycles. The molecule has 23 heavy (non-hydrogen) atoms. The van der Waals surface area contributed by atoms with E-state index in [-0.39, 0.29) is 11.8 Å². The average Bonchev–Trinajstić information content (AvgIpc) is 2.61. The van der Waals surface area contributed by atoms with Gasteiger partial charge in [0.1, 0.15) is 5.82 Å². The number of halogens is 1. The number of amides is 2. The van der Waals surface area contributed by atoms with Crippen LogP contribution in [-0.2, 0) is 6.54 Å². The molecule has 0 unspecified atom stereocenters. The lowest BCUT2D eigenvalue weighted by molar-refractivity contribution is 0.194. The Balaban J connectivity index is 1.48. The quantitative estimate of drug-likeness (QED) is 0.945. The zero-order chi connectivity index (χ0) is 16.1. The predicted octanol–water partition coefficient (Wildman–Crippen LogP) is 2.25. The molecule has 0 radical (unpaired) electrons. The van der Waals surface area contributed by atoms with Crippen molar-refractivity contribution in [1.29, 1.82) is 0 Å². The molecule has 2 heterocycles. The summed E-state index contributed by atoms with van der Waals surface area (Å²) in [6.07, 6.45) is 1.71. The summed E-state index contributed by atoms with van der Waals surface area (Å²) in [5, 5.41) is 2.89. The Kier molecular flexibility index (Phi) is 4.71. The van der Waals surface area contributed by atoms with Gasteiger partial charge in [0.15, 0.2) is 0 Å². The molecule has 2 amide bonds. The van der Waals surface area contributed by atoms with Crippen molar-refractivity contribution < 1.29 is 9.18 Å². The summed E-state index contributed by atoms with van der Waals surface area (Å²) in [5.41, 5.74) is 1.82. The van der Waals surface area contributed by atoms with Crippen molar-refractivity contribution >= 4 is 11.7 Å². The van der Waals surface area contributed by atoms with Crippen molar-refractivity contribution in [3.8, 4) is 0 Å². The minimum absolute atomic E-state index is 0.0746. The Morgan fingerprint density at radius 2 is 1.83 bits per heavy atom. The third-order valence-electron chi connectivity index (χ3n) is 3.91. The van der Waals surface area contributed by atoms with Crippen molar-refractivity contribution in [2.45, 2.75) is 6.54 Å². The third-order valence-corrected chi connectivity index (χ3v) is 3.91. The number of urea groups is 1. The van der Waals surface area contributed by atoms with Gasteiger partial charge in [0.2, 0.25) is 0 Å². The highest BCUT2D eigenvalue weighted by atomic mass is 19.1. The highest BCUT2D eigenvalue weighted by Crippen LogP contribution is 2.16. The van der Waals surface area contributed by atoms with Crippen molar-refractivity contribution in [1.82, 2.24) is 15.2 Å². The maximum Gasteiger partial charge on any atom is 0.317 e. The van der Waals surface area contributed by atoms with E-state index in [1.54, 1.807) is 23.2 Å². The number of hydrogen-bond acceptors (Lipinski definition) is 3. The normalized spacial score (nSPS) is 14.7. The van der Waals surface area contributed by atoms with Crippen molar-refractivity contribution in [3.05, 3.63) is 60.2 Å². The van der Waals surface area contributed by atoms with Crippen LogP contribution in [0.5, 0.6) is 0 Å². The molecule has 0 aliphatic carbocycles. The third kappa shape index (κ3) is 3.97. The van der Waals surface area contributed by atoms with Crippen LogP contribution in [0.25, 0.3) is 0 Å². The van der Waals surface area contributed by atoms with Gasteiger partial charge in [0.05, 0.1) is 12.2 Å². The van der Waals surface area contributed by atoms with Gasteiger partial charge in [-0.3, -0.25) is 4.98 Å². The van der Waals surface area contributed by atoms with Gasteiger partial charge < -0.3 is 15.1 Å². The van der Waals surface area contributed by atoms with Crippen molar-refractivity contribution in [3.63, 3.8) is 0 Å². The van der Waals surface area contributed by atoms with Crippen molar-refractivity contribution in [2.24, 2.45) is 0 Å². The van der Waals surface area contributed by atoms with Crippen molar-refractivity contribution in [2.75, 3.05) is 31.1 Å². The van der Waals surface area contributed by atoms with E-state index in [0.29, 0.717) is 19.6 Å². The standard InChI is InChI=1S/C17H19FN4O/c18-14-4-6-16(7-5-14)21-9-11-22(12-10-21)17(23)20-13-15-3-1-2-8-19-15/h1-8H,9-13H2,(H,20,23). The fourth-order valence-electron chi connectivity index (χ4n) is 2.60. The van der Waals surface area contributed by atoms with Crippen LogP contribution >= 0.6 is 0 Å². The molecule has 1 aromatic carbocycles. The molecule has 5 nitrogen and oxygen atoms in total. The van der Waals surface area contributed by atoms with Gasteiger partial charge in [-0.15, -0.1) is 0 Å². The Bertz CT molecular complexity index is 639. The van der Waals surface area contributed by atoms with Gasteiger partial charge in [-0.1, -0.05) is 6.07 Å². The number of nitrogens with zero attached hydrogens (tertiary/aromatic N) is 3. The number of piperazine rings is 1. The highest BCUT2D eigenvalue weighted by molar-refractivity contribution is 5.74. The van der Waals surface area contributed by atoms with E-state index in [1.807, 2.05) is 18.2 Å². The molecule has 0 spiro atoms. The first-order chi connectivity index (χ1) is 11.2. The number of benzene rings is 1. The summed E-state index contributed by atoms with van der Waals surface area (Å²) in [4.78, 5) is 20.3. The molecule has 1 saturated heterocycles. The van der Waals surface area contributed by atoms with Crippen LogP contribution in [0.4, 0.5) is 14.9 Å². The van der Waals surface area contributed by atoms with Crippen LogP contribution < -0.4 is 10.2 Å². The van der Waals surface area contributed by atoms with E-state index in [0.717, 1.165) is 24.5 Å². The predicted molar refractivity (Wildman–Crippen MR) is 86.7 cm³/mol. The van der Waals surface area contributed by atoms with Crippen LogP contribution in [0.15, 0.2) is 48.7 Å². The summed E-state index contributed by atoms with van der Waals surface area (Å²) in [7, 11) is 0. The lowest BCUT2D eigenvalue weighted by atomic mass is 10.2. The molecule has 2 aromatic rings. The van der Waals surface area contributed by atoms with E-state index < -0.39 is 0 Å². The molecule has 1 fully saturated rings. The minimum Gasteiger partial charge on any atom is -0.368 e. The maximum atomic E-state index is 13.0. The molecule has 3 rings (SSSR count). The minimum atomic E-state index is -0.235. The van der Waals surface area contributed by atoms with Gasteiger partial charge in [-0.05, 0) is 36.4 Å². The van der Waals surface area contributed by atoms with Crippen LogP contribution in [0.1, 0.15) is 5.69 Å². The second kappa shape index (κ2) is 7.09.